The highest BCUT2D eigenvalue weighted by atomic mass is 16.5. The topological polar surface area (TPSA) is 182 Å². The number of aliphatic carboxylic acids is 3. The second-order valence-electron chi connectivity index (χ2n) is 14.7. The molecule has 6 bridgehead atoms. The Hall–Kier alpha value is -3.31. The minimum absolute atomic E-state index is 0.176. The lowest BCUT2D eigenvalue weighted by atomic mass is 9.79. The number of ether oxygens (including phenoxy) is 1. The van der Waals surface area contributed by atoms with Crippen molar-refractivity contribution >= 4 is 17.9 Å². The number of hydrogen-bond acceptors (Lipinski definition) is 7. The number of carbonyl (C=O) groups is 3. The highest BCUT2D eigenvalue weighted by Gasteiger charge is 2.41. The Bertz CT molecular complexity index is 1100. The first-order chi connectivity index (χ1) is 24.0. The normalized spacial score (nSPS) is 25.5. The van der Waals surface area contributed by atoms with E-state index in [1.807, 2.05) is 6.92 Å². The summed E-state index contributed by atoms with van der Waals surface area (Å²) in [6.45, 7) is 15.5. The summed E-state index contributed by atoms with van der Waals surface area (Å²) >= 11 is 0. The van der Waals surface area contributed by atoms with Gasteiger partial charge in [0, 0.05) is 23.3 Å². The molecule has 0 aromatic carbocycles. The van der Waals surface area contributed by atoms with Crippen molar-refractivity contribution in [3.63, 3.8) is 0 Å². The molecule has 0 radical (unpaired) electrons. The summed E-state index contributed by atoms with van der Waals surface area (Å²) in [5.41, 5.74) is 0.980. The number of carboxylic acids is 3. The van der Waals surface area contributed by atoms with Crippen LogP contribution in [0.2, 0.25) is 0 Å². The highest BCUT2D eigenvalue weighted by molar-refractivity contribution is 5.85. The van der Waals surface area contributed by atoms with Gasteiger partial charge in [-0.2, -0.15) is 0 Å². The fourth-order valence-corrected chi connectivity index (χ4v) is 6.93. The van der Waals surface area contributed by atoms with Gasteiger partial charge in [-0.25, -0.2) is 14.4 Å². The monoisotopic (exact) mass is 716 g/mol. The molecule has 0 aromatic rings. The SMILES string of the molecule is C1=CC2CCC1C2.C1=CC2CCC1C2.C=C(C)C(=O)O.C=C(C)C(=O)O.C=C(C)C(=O)O.CCOC(CC1=CC2CCC1C2)C(CO)(CO)CO. The summed E-state index contributed by atoms with van der Waals surface area (Å²) in [6.07, 6.45) is 24.9. The van der Waals surface area contributed by atoms with Gasteiger partial charge in [-0.1, -0.05) is 55.7 Å². The molecular formula is C41H64O10. The van der Waals surface area contributed by atoms with Crippen LogP contribution in [0.1, 0.15) is 91.9 Å². The lowest BCUT2D eigenvalue weighted by Gasteiger charge is -2.37. The number of carboxylic acid groups (broad SMARTS) is 3. The molecule has 6 aliphatic rings. The van der Waals surface area contributed by atoms with E-state index in [9.17, 15) is 29.7 Å². The van der Waals surface area contributed by atoms with Gasteiger partial charge in [0.05, 0.1) is 31.3 Å². The van der Waals surface area contributed by atoms with E-state index < -0.39 is 23.3 Å². The molecule has 51 heavy (non-hydrogen) atoms. The molecule has 10 nitrogen and oxygen atoms in total. The van der Waals surface area contributed by atoms with Crippen molar-refractivity contribution < 1.29 is 49.8 Å². The fraction of sp³-hybridized carbons (Fsp3) is 0.634. The average Bonchev–Trinajstić information content (AvgIpc) is 3.97. The maximum absolute atomic E-state index is 9.60. The fourth-order valence-electron chi connectivity index (χ4n) is 6.93. The standard InChI is InChI=1S/C15H26O4.2C7H10.3C4H6O2/c1-2-19-14(15(8-16,9-17)10-18)7-13-6-11-3-4-12(13)5-11;2*1-2-7-4-3-6(1)5-7;3*1-3(2)4(5)6/h6,11-12,14,16-18H,2-5,7-10H2,1H3;2*1-2,6-7H,3-5H2;3*1H2,2H3,(H,5,6). The predicted molar refractivity (Wildman–Crippen MR) is 200 cm³/mol. The highest BCUT2D eigenvalue weighted by Crippen LogP contribution is 2.46. The van der Waals surface area contributed by atoms with Crippen molar-refractivity contribution in [2.75, 3.05) is 26.4 Å². The molecule has 0 aliphatic heterocycles. The van der Waals surface area contributed by atoms with Crippen LogP contribution in [-0.2, 0) is 19.1 Å². The second-order valence-corrected chi connectivity index (χ2v) is 14.7. The quantitative estimate of drug-likeness (QED) is 0.0963. The molecule has 6 aliphatic carbocycles. The summed E-state index contributed by atoms with van der Waals surface area (Å²) in [7, 11) is 0. The van der Waals surface area contributed by atoms with Gasteiger partial charge in [0.2, 0.25) is 0 Å². The number of aliphatic hydroxyl groups excluding tert-OH is 3. The van der Waals surface area contributed by atoms with E-state index >= 15 is 0 Å². The molecule has 3 saturated carbocycles. The first kappa shape index (κ1) is 45.7. The number of allylic oxidation sites excluding steroid dienone is 5. The van der Waals surface area contributed by atoms with Crippen molar-refractivity contribution in [2.24, 2.45) is 40.9 Å². The zero-order valence-electron chi connectivity index (χ0n) is 31.3. The first-order valence-corrected chi connectivity index (χ1v) is 18.2. The van der Waals surface area contributed by atoms with Crippen molar-refractivity contribution in [3.8, 4) is 0 Å². The van der Waals surface area contributed by atoms with E-state index in [2.05, 4.69) is 50.1 Å². The summed E-state index contributed by atoms with van der Waals surface area (Å²) in [6, 6.07) is 0. The van der Waals surface area contributed by atoms with E-state index in [1.165, 1.54) is 84.1 Å². The number of fused-ring (bicyclic) bond motifs is 6. The molecule has 0 saturated heterocycles. The lowest BCUT2D eigenvalue weighted by Crippen LogP contribution is -2.47. The van der Waals surface area contributed by atoms with Gasteiger partial charge in [0.25, 0.3) is 0 Å². The first-order valence-electron chi connectivity index (χ1n) is 18.2. The molecule has 3 fully saturated rings. The van der Waals surface area contributed by atoms with E-state index in [4.69, 9.17) is 20.1 Å². The molecule has 6 N–H and O–H groups in total. The van der Waals surface area contributed by atoms with Gasteiger partial charge in [-0.15, -0.1) is 0 Å². The van der Waals surface area contributed by atoms with Crippen LogP contribution in [0, 0.1) is 40.9 Å². The molecule has 7 atom stereocenters. The van der Waals surface area contributed by atoms with E-state index in [-0.39, 0.29) is 42.6 Å². The minimum Gasteiger partial charge on any atom is -0.478 e. The van der Waals surface area contributed by atoms with Crippen molar-refractivity contribution in [2.45, 2.75) is 98.0 Å². The second kappa shape index (κ2) is 23.3. The van der Waals surface area contributed by atoms with Crippen LogP contribution < -0.4 is 0 Å². The van der Waals surface area contributed by atoms with Crippen molar-refractivity contribution in [1.29, 1.82) is 0 Å². The van der Waals surface area contributed by atoms with Crippen molar-refractivity contribution in [3.05, 3.63) is 72.4 Å². The van der Waals surface area contributed by atoms with Crippen LogP contribution >= 0.6 is 0 Å². The molecule has 0 spiro atoms. The van der Waals surface area contributed by atoms with Gasteiger partial charge in [0.15, 0.2) is 0 Å². The maximum Gasteiger partial charge on any atom is 0.330 e. The van der Waals surface area contributed by atoms with Crippen LogP contribution in [0.4, 0.5) is 0 Å². The molecule has 0 aromatic heterocycles. The van der Waals surface area contributed by atoms with Gasteiger partial charge in [0.1, 0.15) is 0 Å². The molecule has 6 rings (SSSR count). The molecule has 0 heterocycles. The third-order valence-electron chi connectivity index (χ3n) is 10.3. The molecular weight excluding hydrogens is 652 g/mol. The Morgan fingerprint density at radius 1 is 0.667 bits per heavy atom. The Morgan fingerprint density at radius 3 is 1.18 bits per heavy atom. The van der Waals surface area contributed by atoms with Crippen LogP contribution in [0.3, 0.4) is 0 Å². The van der Waals surface area contributed by atoms with Gasteiger partial charge in [-0.05, 0) is 127 Å². The molecule has 7 unspecified atom stereocenters. The molecule has 288 valence electrons. The van der Waals surface area contributed by atoms with E-state index in [0.29, 0.717) is 18.4 Å². The van der Waals surface area contributed by atoms with Gasteiger partial charge < -0.3 is 35.4 Å². The number of rotatable bonds is 11. The van der Waals surface area contributed by atoms with Crippen LogP contribution in [0.15, 0.2) is 72.4 Å². The summed E-state index contributed by atoms with van der Waals surface area (Å²) in [4.78, 5) is 28.8. The average molecular weight is 717 g/mol. The molecule has 10 heteroatoms. The summed E-state index contributed by atoms with van der Waals surface area (Å²) in [5, 5.41) is 52.4. The number of aliphatic hydroxyl groups is 3. The van der Waals surface area contributed by atoms with E-state index in [1.54, 1.807) is 0 Å². The third-order valence-corrected chi connectivity index (χ3v) is 10.3. The summed E-state index contributed by atoms with van der Waals surface area (Å²) in [5.74, 6) is 2.53. The number of hydrogen-bond donors (Lipinski definition) is 6. The lowest BCUT2D eigenvalue weighted by molar-refractivity contribution is -0.133. The summed E-state index contributed by atoms with van der Waals surface area (Å²) < 4.78 is 5.73. The van der Waals surface area contributed by atoms with Crippen molar-refractivity contribution in [1.82, 2.24) is 0 Å². The smallest absolute Gasteiger partial charge is 0.330 e. The van der Waals surface area contributed by atoms with Crippen LogP contribution in [0.5, 0.6) is 0 Å². The van der Waals surface area contributed by atoms with Crippen LogP contribution in [0.25, 0.3) is 0 Å². The predicted octanol–water partition coefficient (Wildman–Crippen LogP) is 6.99. The maximum atomic E-state index is 9.60. The van der Waals surface area contributed by atoms with Crippen LogP contribution in [-0.4, -0.2) is 81.1 Å². The largest absolute Gasteiger partial charge is 0.478 e. The Kier molecular flexibility index (Phi) is 20.9. The third kappa shape index (κ3) is 16.3. The minimum atomic E-state index is -0.946. The Balaban J connectivity index is 0.000000337. The van der Waals surface area contributed by atoms with Gasteiger partial charge in [-0.3, -0.25) is 0 Å². The van der Waals surface area contributed by atoms with Gasteiger partial charge >= 0.3 is 17.9 Å². The Labute approximate surface area is 305 Å². The zero-order valence-corrected chi connectivity index (χ0v) is 31.3. The molecule has 0 amide bonds. The zero-order chi connectivity index (χ0) is 38.7. The van der Waals surface area contributed by atoms with E-state index in [0.717, 1.165) is 30.1 Å². The Morgan fingerprint density at radius 2 is 1.00 bits per heavy atom.